The van der Waals surface area contributed by atoms with Gasteiger partial charge in [0.2, 0.25) is 0 Å². The molecule has 1 aliphatic rings. The van der Waals surface area contributed by atoms with E-state index in [1.807, 2.05) is 6.07 Å². The minimum Gasteiger partial charge on any atom is -0.389 e. The lowest BCUT2D eigenvalue weighted by Crippen LogP contribution is -2.36. The quantitative estimate of drug-likeness (QED) is 0.848. The number of hydrogen-bond donors (Lipinski definition) is 1. The van der Waals surface area contributed by atoms with Gasteiger partial charge in [0, 0.05) is 13.1 Å². The van der Waals surface area contributed by atoms with Crippen LogP contribution in [0.3, 0.4) is 0 Å². The standard InChI is InChI=1S/C13H20N4S/c1-9-3-5-10(6-4-9)17(2)13-11(12(14)18)7-8-15-16-13/h7-10H,3-6H2,1-2H3,(H2,14,18). The third-order valence-corrected chi connectivity index (χ3v) is 4.05. The second kappa shape index (κ2) is 5.61. The molecule has 2 N–H and O–H groups in total. The number of hydrogen-bond acceptors (Lipinski definition) is 4. The van der Waals surface area contributed by atoms with E-state index >= 15 is 0 Å². The second-order valence-electron chi connectivity index (χ2n) is 5.16. The molecule has 0 bridgehead atoms. The van der Waals surface area contributed by atoms with Gasteiger partial charge in [0.25, 0.3) is 0 Å². The maximum absolute atomic E-state index is 5.74. The fraction of sp³-hybridized carbons (Fsp3) is 0.615. The zero-order valence-electron chi connectivity index (χ0n) is 11.0. The van der Waals surface area contributed by atoms with E-state index in [9.17, 15) is 0 Å². The van der Waals surface area contributed by atoms with E-state index in [4.69, 9.17) is 18.0 Å². The number of nitrogens with zero attached hydrogens (tertiary/aromatic N) is 3. The third-order valence-electron chi connectivity index (χ3n) is 3.83. The SMILES string of the molecule is CC1CCC(N(C)c2nnccc2C(N)=S)CC1. The summed E-state index contributed by atoms with van der Waals surface area (Å²) < 4.78 is 0. The van der Waals surface area contributed by atoms with Crippen molar-refractivity contribution in [2.75, 3.05) is 11.9 Å². The van der Waals surface area contributed by atoms with Crippen LogP contribution in [0.25, 0.3) is 0 Å². The van der Waals surface area contributed by atoms with Crippen molar-refractivity contribution in [3.63, 3.8) is 0 Å². The average molecular weight is 264 g/mol. The molecule has 5 heteroatoms. The Bertz CT molecular complexity index is 427. The lowest BCUT2D eigenvalue weighted by molar-refractivity contribution is 0.339. The Balaban J connectivity index is 2.18. The lowest BCUT2D eigenvalue weighted by Gasteiger charge is -2.34. The van der Waals surface area contributed by atoms with E-state index in [2.05, 4.69) is 29.1 Å². The zero-order chi connectivity index (χ0) is 13.1. The molecule has 98 valence electrons. The summed E-state index contributed by atoms with van der Waals surface area (Å²) in [6.45, 7) is 2.32. The summed E-state index contributed by atoms with van der Waals surface area (Å²) in [6.07, 6.45) is 6.58. The van der Waals surface area contributed by atoms with E-state index in [0.717, 1.165) is 17.3 Å². The highest BCUT2D eigenvalue weighted by Gasteiger charge is 2.24. The average Bonchev–Trinajstić information content (AvgIpc) is 2.39. The molecular weight excluding hydrogens is 244 g/mol. The predicted octanol–water partition coefficient (Wildman–Crippen LogP) is 2.13. The summed E-state index contributed by atoms with van der Waals surface area (Å²) in [6, 6.07) is 2.36. The van der Waals surface area contributed by atoms with Crippen molar-refractivity contribution in [1.29, 1.82) is 0 Å². The van der Waals surface area contributed by atoms with Crippen molar-refractivity contribution in [3.8, 4) is 0 Å². The Morgan fingerprint density at radius 2 is 2.06 bits per heavy atom. The highest BCUT2D eigenvalue weighted by atomic mass is 32.1. The minimum absolute atomic E-state index is 0.385. The fourth-order valence-corrected chi connectivity index (χ4v) is 2.74. The first-order valence-electron chi connectivity index (χ1n) is 6.44. The van der Waals surface area contributed by atoms with E-state index < -0.39 is 0 Å². The first-order chi connectivity index (χ1) is 8.59. The Hall–Kier alpha value is -1.23. The molecule has 1 saturated carbocycles. The van der Waals surface area contributed by atoms with Crippen molar-refractivity contribution in [2.24, 2.45) is 11.7 Å². The molecule has 0 saturated heterocycles. The Morgan fingerprint density at radius 1 is 1.39 bits per heavy atom. The summed E-state index contributed by atoms with van der Waals surface area (Å²) in [5.41, 5.74) is 6.56. The summed E-state index contributed by atoms with van der Waals surface area (Å²) in [5, 5.41) is 8.15. The number of aromatic nitrogens is 2. The molecule has 1 aliphatic carbocycles. The first-order valence-corrected chi connectivity index (χ1v) is 6.84. The predicted molar refractivity (Wildman–Crippen MR) is 77.7 cm³/mol. The molecule has 4 nitrogen and oxygen atoms in total. The van der Waals surface area contributed by atoms with Crippen molar-refractivity contribution in [1.82, 2.24) is 10.2 Å². The monoisotopic (exact) mass is 264 g/mol. The zero-order valence-corrected chi connectivity index (χ0v) is 11.8. The molecule has 1 heterocycles. The van der Waals surface area contributed by atoms with Gasteiger partial charge < -0.3 is 10.6 Å². The van der Waals surface area contributed by atoms with Crippen LogP contribution >= 0.6 is 12.2 Å². The van der Waals surface area contributed by atoms with E-state index in [1.165, 1.54) is 25.7 Å². The smallest absolute Gasteiger partial charge is 0.161 e. The number of anilines is 1. The van der Waals surface area contributed by atoms with Gasteiger partial charge >= 0.3 is 0 Å². The maximum Gasteiger partial charge on any atom is 0.161 e. The van der Waals surface area contributed by atoms with Crippen LogP contribution < -0.4 is 10.6 Å². The van der Waals surface area contributed by atoms with Gasteiger partial charge in [-0.05, 0) is 37.7 Å². The van der Waals surface area contributed by atoms with E-state index in [1.54, 1.807) is 6.20 Å². The van der Waals surface area contributed by atoms with Gasteiger partial charge in [-0.2, -0.15) is 5.10 Å². The van der Waals surface area contributed by atoms with Crippen LogP contribution in [0.15, 0.2) is 12.3 Å². The molecule has 0 unspecified atom stereocenters. The molecule has 1 aromatic rings. The van der Waals surface area contributed by atoms with Gasteiger partial charge in [0.1, 0.15) is 4.99 Å². The van der Waals surface area contributed by atoms with Crippen LogP contribution in [-0.2, 0) is 0 Å². The Labute approximate surface area is 114 Å². The summed E-state index contributed by atoms with van der Waals surface area (Å²) in [4.78, 5) is 2.57. The van der Waals surface area contributed by atoms with Crippen LogP contribution in [0.4, 0.5) is 5.82 Å². The number of rotatable bonds is 3. The molecule has 18 heavy (non-hydrogen) atoms. The highest BCUT2D eigenvalue weighted by Crippen LogP contribution is 2.29. The van der Waals surface area contributed by atoms with Crippen LogP contribution in [0.5, 0.6) is 0 Å². The maximum atomic E-state index is 5.74. The Kier molecular flexibility index (Phi) is 4.11. The highest BCUT2D eigenvalue weighted by molar-refractivity contribution is 7.80. The largest absolute Gasteiger partial charge is 0.389 e. The van der Waals surface area contributed by atoms with Crippen LogP contribution in [-0.4, -0.2) is 28.3 Å². The van der Waals surface area contributed by atoms with Crippen molar-refractivity contribution >= 4 is 23.0 Å². The van der Waals surface area contributed by atoms with Gasteiger partial charge in [-0.1, -0.05) is 19.1 Å². The fourth-order valence-electron chi connectivity index (χ4n) is 2.58. The van der Waals surface area contributed by atoms with Crippen LogP contribution in [0.1, 0.15) is 38.2 Å². The first kappa shape index (κ1) is 13.2. The third kappa shape index (κ3) is 2.77. The van der Waals surface area contributed by atoms with E-state index in [-0.39, 0.29) is 0 Å². The normalized spacial score (nSPS) is 23.7. The summed E-state index contributed by atoms with van der Waals surface area (Å²) >= 11 is 5.07. The van der Waals surface area contributed by atoms with E-state index in [0.29, 0.717) is 11.0 Å². The molecule has 0 atom stereocenters. The molecular formula is C13H20N4S. The van der Waals surface area contributed by atoms with Gasteiger partial charge in [-0.25, -0.2) is 0 Å². The van der Waals surface area contributed by atoms with Gasteiger partial charge in [-0.15, -0.1) is 5.10 Å². The topological polar surface area (TPSA) is 55.0 Å². The van der Waals surface area contributed by atoms with Crippen LogP contribution in [0.2, 0.25) is 0 Å². The van der Waals surface area contributed by atoms with Crippen molar-refractivity contribution in [3.05, 3.63) is 17.8 Å². The number of thiocarbonyl (C=S) groups is 1. The minimum atomic E-state index is 0.385. The van der Waals surface area contributed by atoms with Gasteiger partial charge in [-0.3, -0.25) is 0 Å². The van der Waals surface area contributed by atoms with Gasteiger partial charge in [0.15, 0.2) is 5.82 Å². The molecule has 2 rings (SSSR count). The molecule has 1 aromatic heterocycles. The second-order valence-corrected chi connectivity index (χ2v) is 5.60. The summed E-state index contributed by atoms with van der Waals surface area (Å²) in [5.74, 6) is 1.65. The van der Waals surface area contributed by atoms with Gasteiger partial charge in [0.05, 0.1) is 11.8 Å². The molecule has 1 fully saturated rings. The summed E-state index contributed by atoms with van der Waals surface area (Å²) in [7, 11) is 2.06. The molecule has 0 amide bonds. The van der Waals surface area contributed by atoms with Crippen molar-refractivity contribution < 1.29 is 0 Å². The molecule has 0 spiro atoms. The molecule has 0 radical (unpaired) electrons. The lowest BCUT2D eigenvalue weighted by atomic mass is 9.86. The number of nitrogens with two attached hydrogens (primary N) is 1. The van der Waals surface area contributed by atoms with Crippen molar-refractivity contribution in [2.45, 2.75) is 38.6 Å². The molecule has 0 aliphatic heterocycles. The Morgan fingerprint density at radius 3 is 2.67 bits per heavy atom. The van der Waals surface area contributed by atoms with Crippen LogP contribution in [0, 0.1) is 5.92 Å². The molecule has 0 aromatic carbocycles.